The summed E-state index contributed by atoms with van der Waals surface area (Å²) in [7, 11) is 0. The van der Waals surface area contributed by atoms with Gasteiger partial charge in [0.1, 0.15) is 10.4 Å². The standard InChI is InChI=1S/C29H34N6O2S3/c1-7-33-24(36)21(25(37)34(8-2)27(33)38)16-20-17-22-23(39-20)30-26(40-22)32-31-18-10-12-19(13-11-18)35-28(3,4)14-9-15-29(35,5)6/h10-13,16-17H,7-9,14-15H2,1-6H3/b32-31+. The van der Waals surface area contributed by atoms with Gasteiger partial charge in [0.15, 0.2) is 5.11 Å². The van der Waals surface area contributed by atoms with Crippen LogP contribution in [-0.2, 0) is 9.59 Å². The van der Waals surface area contributed by atoms with Gasteiger partial charge in [0.25, 0.3) is 11.8 Å². The minimum absolute atomic E-state index is 0.0985. The Balaban J connectivity index is 1.33. The van der Waals surface area contributed by atoms with Crippen molar-refractivity contribution in [1.29, 1.82) is 0 Å². The van der Waals surface area contributed by atoms with Crippen molar-refractivity contribution in [3.8, 4) is 0 Å². The van der Waals surface area contributed by atoms with Crippen molar-refractivity contribution >= 4 is 83.9 Å². The molecule has 210 valence electrons. The molecule has 40 heavy (non-hydrogen) atoms. The van der Waals surface area contributed by atoms with Crippen LogP contribution < -0.4 is 4.90 Å². The number of fused-ring (bicyclic) bond motifs is 1. The molecule has 2 aliphatic heterocycles. The molecule has 0 unspecified atom stereocenters. The van der Waals surface area contributed by atoms with Gasteiger partial charge in [-0.25, -0.2) is 4.98 Å². The van der Waals surface area contributed by atoms with Gasteiger partial charge in [-0.3, -0.25) is 19.4 Å². The molecule has 0 aliphatic carbocycles. The summed E-state index contributed by atoms with van der Waals surface area (Å²) in [5.41, 5.74) is 2.29. The van der Waals surface area contributed by atoms with Gasteiger partial charge in [0.2, 0.25) is 5.13 Å². The number of rotatable bonds is 6. The summed E-state index contributed by atoms with van der Waals surface area (Å²) in [6.07, 6.45) is 5.23. The van der Waals surface area contributed by atoms with Crippen molar-refractivity contribution in [2.45, 2.75) is 71.9 Å². The predicted octanol–water partition coefficient (Wildman–Crippen LogP) is 7.70. The second-order valence-corrected chi connectivity index (χ2v) is 13.7. The van der Waals surface area contributed by atoms with Crippen LogP contribution >= 0.6 is 34.9 Å². The van der Waals surface area contributed by atoms with Gasteiger partial charge < -0.3 is 4.90 Å². The number of amides is 2. The van der Waals surface area contributed by atoms with E-state index in [0.29, 0.717) is 18.2 Å². The zero-order chi connectivity index (χ0) is 28.8. The number of piperidine rings is 1. The molecule has 5 rings (SSSR count). The number of benzene rings is 1. The minimum atomic E-state index is -0.361. The topological polar surface area (TPSA) is 81.5 Å². The van der Waals surface area contributed by atoms with Crippen LogP contribution in [0.2, 0.25) is 0 Å². The number of hydrogen-bond donors (Lipinski definition) is 0. The van der Waals surface area contributed by atoms with Crippen molar-refractivity contribution in [3.63, 3.8) is 0 Å². The fourth-order valence-corrected chi connectivity index (χ4v) is 8.25. The molecule has 2 saturated heterocycles. The van der Waals surface area contributed by atoms with Crippen LogP contribution in [0.15, 0.2) is 46.1 Å². The Kier molecular flexibility index (Phi) is 7.66. The summed E-state index contributed by atoms with van der Waals surface area (Å²) < 4.78 is 0.932. The Morgan fingerprint density at radius 3 is 2.10 bits per heavy atom. The number of likely N-dealkylation sites (N-methyl/N-ethyl adjacent to an activating group) is 2. The average molecular weight is 595 g/mol. The molecule has 0 spiro atoms. The zero-order valence-corrected chi connectivity index (χ0v) is 26.2. The fraction of sp³-hybridized carbons (Fsp3) is 0.448. The lowest BCUT2D eigenvalue weighted by Gasteiger charge is -2.54. The number of anilines is 1. The van der Waals surface area contributed by atoms with Gasteiger partial charge in [0.05, 0.1) is 10.4 Å². The van der Waals surface area contributed by atoms with E-state index in [9.17, 15) is 9.59 Å². The molecule has 2 aliphatic rings. The van der Waals surface area contributed by atoms with Crippen LogP contribution in [0.4, 0.5) is 16.5 Å². The number of nitrogens with zero attached hydrogens (tertiary/aromatic N) is 6. The first-order valence-corrected chi connectivity index (χ1v) is 15.6. The van der Waals surface area contributed by atoms with E-state index in [4.69, 9.17) is 12.2 Å². The lowest BCUT2D eigenvalue weighted by Crippen LogP contribution is -2.58. The van der Waals surface area contributed by atoms with Crippen LogP contribution in [0.25, 0.3) is 15.6 Å². The summed E-state index contributed by atoms with van der Waals surface area (Å²) in [4.78, 5) is 37.5. The SMILES string of the molecule is CCN1C(=O)C(=Cc2cc3sc(/N=N/c4ccc(N5C(C)(C)CCCC5(C)C)cc4)nc3s2)C(=O)N(CC)C1=S. The Morgan fingerprint density at radius 2 is 1.55 bits per heavy atom. The molecule has 1 aromatic carbocycles. The van der Waals surface area contributed by atoms with E-state index in [-0.39, 0.29) is 33.6 Å². The molecule has 2 aromatic heterocycles. The lowest BCUT2D eigenvalue weighted by atomic mass is 9.79. The fourth-order valence-electron chi connectivity index (χ4n) is 5.84. The second kappa shape index (κ2) is 10.8. The van der Waals surface area contributed by atoms with Crippen molar-refractivity contribution in [3.05, 3.63) is 40.8 Å². The van der Waals surface area contributed by atoms with Gasteiger partial charge >= 0.3 is 0 Å². The Hall–Kier alpha value is -3.02. The third kappa shape index (κ3) is 5.22. The average Bonchev–Trinajstić information content (AvgIpc) is 3.44. The molecule has 0 radical (unpaired) electrons. The molecule has 11 heteroatoms. The van der Waals surface area contributed by atoms with E-state index in [2.05, 4.69) is 59.9 Å². The van der Waals surface area contributed by atoms with Crippen molar-refractivity contribution < 1.29 is 9.59 Å². The normalized spacial score (nSPS) is 19.4. The number of thiazole rings is 1. The maximum absolute atomic E-state index is 12.9. The highest BCUT2D eigenvalue weighted by Crippen LogP contribution is 2.42. The highest BCUT2D eigenvalue weighted by atomic mass is 32.1. The molecule has 2 fully saturated rings. The van der Waals surface area contributed by atoms with Crippen molar-refractivity contribution in [1.82, 2.24) is 14.8 Å². The number of thiocarbonyl (C=S) groups is 1. The summed E-state index contributed by atoms with van der Waals surface area (Å²) in [5.74, 6) is -0.723. The van der Waals surface area contributed by atoms with Crippen molar-refractivity contribution in [2.75, 3.05) is 18.0 Å². The molecular formula is C29H34N6O2S3. The molecule has 4 heterocycles. The van der Waals surface area contributed by atoms with Gasteiger partial charge in [0, 0.05) is 34.7 Å². The Morgan fingerprint density at radius 1 is 0.950 bits per heavy atom. The van der Waals surface area contributed by atoms with Gasteiger partial charge in [-0.15, -0.1) is 21.6 Å². The molecule has 0 atom stereocenters. The number of hydrogen-bond acceptors (Lipinski definition) is 9. The molecular weight excluding hydrogens is 561 g/mol. The van der Waals surface area contributed by atoms with Crippen LogP contribution in [0, 0.1) is 0 Å². The lowest BCUT2D eigenvalue weighted by molar-refractivity contribution is -0.133. The van der Waals surface area contributed by atoms with Crippen LogP contribution in [-0.4, -0.2) is 55.9 Å². The molecule has 8 nitrogen and oxygen atoms in total. The first-order chi connectivity index (χ1) is 18.9. The summed E-state index contributed by atoms with van der Waals surface area (Å²) in [6.45, 7) is 13.8. The first kappa shape index (κ1) is 28.5. The van der Waals surface area contributed by atoms with Crippen LogP contribution in [0.5, 0.6) is 0 Å². The van der Waals surface area contributed by atoms with E-state index in [1.165, 1.54) is 57.4 Å². The number of carbonyl (C=O) groups excluding carboxylic acids is 2. The Labute approximate surface area is 248 Å². The van der Waals surface area contributed by atoms with E-state index in [0.717, 1.165) is 20.1 Å². The van der Waals surface area contributed by atoms with E-state index in [1.54, 1.807) is 6.08 Å². The highest BCUT2D eigenvalue weighted by Gasteiger charge is 2.41. The maximum atomic E-state index is 12.9. The van der Waals surface area contributed by atoms with E-state index < -0.39 is 0 Å². The van der Waals surface area contributed by atoms with E-state index in [1.807, 2.05) is 32.0 Å². The molecule has 0 N–H and O–H groups in total. The monoisotopic (exact) mass is 594 g/mol. The first-order valence-electron chi connectivity index (χ1n) is 13.6. The van der Waals surface area contributed by atoms with Gasteiger partial charge in [-0.05, 0) is 109 Å². The predicted molar refractivity (Wildman–Crippen MR) is 168 cm³/mol. The number of azo groups is 1. The summed E-state index contributed by atoms with van der Waals surface area (Å²) in [6, 6.07) is 10.2. The third-order valence-corrected chi connectivity index (χ3v) is 10.0. The zero-order valence-electron chi connectivity index (χ0n) is 23.7. The molecule has 2 amide bonds. The van der Waals surface area contributed by atoms with Crippen LogP contribution in [0.1, 0.15) is 65.7 Å². The van der Waals surface area contributed by atoms with Gasteiger partial charge in [-0.1, -0.05) is 11.3 Å². The number of thiophene rings is 1. The van der Waals surface area contributed by atoms with Crippen molar-refractivity contribution in [2.24, 2.45) is 10.2 Å². The molecule has 0 bridgehead atoms. The third-order valence-electron chi connectivity index (χ3n) is 7.58. The van der Waals surface area contributed by atoms with Crippen LogP contribution in [0.3, 0.4) is 0 Å². The second-order valence-electron chi connectivity index (χ2n) is 11.3. The molecule has 3 aromatic rings. The highest BCUT2D eigenvalue weighted by molar-refractivity contribution is 7.80. The summed E-state index contributed by atoms with van der Waals surface area (Å²) in [5, 5.41) is 9.62. The molecule has 0 saturated carbocycles. The van der Waals surface area contributed by atoms with Gasteiger partial charge in [-0.2, -0.15) is 0 Å². The quantitative estimate of drug-likeness (QED) is 0.126. The minimum Gasteiger partial charge on any atom is -0.361 e. The van der Waals surface area contributed by atoms with E-state index >= 15 is 0 Å². The maximum Gasteiger partial charge on any atom is 0.265 e. The smallest absolute Gasteiger partial charge is 0.265 e. The number of aromatic nitrogens is 1. The largest absolute Gasteiger partial charge is 0.361 e. The summed E-state index contributed by atoms with van der Waals surface area (Å²) >= 11 is 8.18. The number of carbonyl (C=O) groups is 2. The Bertz CT molecular complexity index is 1460.